The number of hydrogen-bond acceptors (Lipinski definition) is 5. The molecule has 2 aromatic heterocycles. The van der Waals surface area contributed by atoms with Crippen LogP contribution in [0.5, 0.6) is 0 Å². The summed E-state index contributed by atoms with van der Waals surface area (Å²) in [5.41, 5.74) is 1.92. The van der Waals surface area contributed by atoms with Crippen LogP contribution in [-0.2, 0) is 11.2 Å². The summed E-state index contributed by atoms with van der Waals surface area (Å²) in [6.45, 7) is 3.91. The van der Waals surface area contributed by atoms with E-state index in [4.69, 9.17) is 0 Å². The summed E-state index contributed by atoms with van der Waals surface area (Å²) in [4.78, 5) is 13.9. The number of aromatic nitrogens is 3. The third-order valence-electron chi connectivity index (χ3n) is 4.61. The molecule has 0 saturated heterocycles. The minimum absolute atomic E-state index is 0.0144. The lowest BCUT2D eigenvalue weighted by atomic mass is 10.2. The van der Waals surface area contributed by atoms with Gasteiger partial charge in [-0.2, -0.15) is 0 Å². The quantitative estimate of drug-likeness (QED) is 0.587. The molecule has 1 aliphatic carbocycles. The van der Waals surface area contributed by atoms with Gasteiger partial charge < -0.3 is 9.88 Å². The van der Waals surface area contributed by atoms with E-state index in [1.165, 1.54) is 16.6 Å². The van der Waals surface area contributed by atoms with Gasteiger partial charge >= 0.3 is 0 Å². The van der Waals surface area contributed by atoms with E-state index in [1.807, 2.05) is 38.1 Å². The zero-order valence-corrected chi connectivity index (χ0v) is 17.0. The highest BCUT2D eigenvalue weighted by molar-refractivity contribution is 8.00. The monoisotopic (exact) mass is 398 g/mol. The van der Waals surface area contributed by atoms with E-state index < -0.39 is 0 Å². The number of para-hydroxylation sites is 1. The fourth-order valence-electron chi connectivity index (χ4n) is 2.94. The lowest BCUT2D eigenvalue weighted by molar-refractivity contribution is -0.115. The number of carbonyl (C=O) groups excluding carboxylic acids is 1. The van der Waals surface area contributed by atoms with Gasteiger partial charge in [0.15, 0.2) is 5.16 Å². The van der Waals surface area contributed by atoms with Gasteiger partial charge in [0.1, 0.15) is 5.82 Å². The molecule has 0 radical (unpaired) electrons. The number of anilines is 1. The topological polar surface area (TPSA) is 59.8 Å². The van der Waals surface area contributed by atoms with E-state index in [1.54, 1.807) is 11.3 Å². The Balaban J connectivity index is 1.48. The van der Waals surface area contributed by atoms with Crippen molar-refractivity contribution in [1.82, 2.24) is 14.8 Å². The molecular formula is C20H22N4OS2. The van der Waals surface area contributed by atoms with Crippen molar-refractivity contribution >= 4 is 34.7 Å². The lowest BCUT2D eigenvalue weighted by Gasteiger charge is -2.14. The minimum Gasteiger partial charge on any atom is -0.325 e. The fraction of sp³-hybridized carbons (Fsp3) is 0.350. The number of amides is 1. The van der Waals surface area contributed by atoms with Crippen LogP contribution in [0.15, 0.2) is 46.9 Å². The second-order valence-corrected chi connectivity index (χ2v) is 9.16. The number of thioether (sulfide) groups is 1. The number of rotatable bonds is 7. The van der Waals surface area contributed by atoms with E-state index in [2.05, 4.69) is 37.6 Å². The van der Waals surface area contributed by atoms with Crippen LogP contribution in [0.4, 0.5) is 5.69 Å². The molecule has 3 aromatic rings. The average molecular weight is 399 g/mol. The number of benzene rings is 1. The summed E-state index contributed by atoms with van der Waals surface area (Å²) in [6.07, 6.45) is 3.12. The Kier molecular flexibility index (Phi) is 5.31. The van der Waals surface area contributed by atoms with Gasteiger partial charge in [-0.25, -0.2) is 0 Å². The van der Waals surface area contributed by atoms with Crippen LogP contribution in [0.25, 0.3) is 0 Å². The molecule has 1 unspecified atom stereocenters. The number of nitrogens with one attached hydrogen (secondary N) is 1. The van der Waals surface area contributed by atoms with E-state index in [0.717, 1.165) is 41.5 Å². The van der Waals surface area contributed by atoms with Gasteiger partial charge in [0, 0.05) is 23.0 Å². The molecule has 2 heterocycles. The summed E-state index contributed by atoms with van der Waals surface area (Å²) in [5, 5.41) is 14.5. The SMILES string of the molecule is Cc1ccccc1NC(=O)C(C)Sc1nnc(Cc2cccs2)n1C1CC1. The zero-order valence-electron chi connectivity index (χ0n) is 15.4. The summed E-state index contributed by atoms with van der Waals surface area (Å²) < 4.78 is 2.24. The molecule has 1 atom stereocenters. The van der Waals surface area contributed by atoms with Crippen LogP contribution in [0.2, 0.25) is 0 Å². The molecule has 7 heteroatoms. The first-order valence-corrected chi connectivity index (χ1v) is 10.9. The summed E-state index contributed by atoms with van der Waals surface area (Å²) in [7, 11) is 0. The Labute approximate surface area is 167 Å². The Morgan fingerprint density at radius 3 is 2.81 bits per heavy atom. The largest absolute Gasteiger partial charge is 0.325 e. The zero-order chi connectivity index (χ0) is 18.8. The number of aryl methyl sites for hydroxylation is 1. The smallest absolute Gasteiger partial charge is 0.237 e. The number of hydrogen-bond donors (Lipinski definition) is 1. The van der Waals surface area contributed by atoms with Gasteiger partial charge in [0.2, 0.25) is 5.91 Å². The van der Waals surface area contributed by atoms with Crippen molar-refractivity contribution in [2.75, 3.05) is 5.32 Å². The third-order valence-corrected chi connectivity index (χ3v) is 6.55. The normalized spacial score (nSPS) is 14.9. The van der Waals surface area contributed by atoms with Gasteiger partial charge in [-0.1, -0.05) is 36.0 Å². The van der Waals surface area contributed by atoms with Crippen molar-refractivity contribution < 1.29 is 4.79 Å². The fourth-order valence-corrected chi connectivity index (χ4v) is 4.58. The van der Waals surface area contributed by atoms with Crippen molar-refractivity contribution in [1.29, 1.82) is 0 Å². The number of carbonyl (C=O) groups is 1. The molecule has 0 bridgehead atoms. The van der Waals surface area contributed by atoms with Crippen molar-refractivity contribution in [2.24, 2.45) is 0 Å². The molecule has 1 fully saturated rings. The molecule has 1 amide bonds. The Hall–Kier alpha value is -2.12. The highest BCUT2D eigenvalue weighted by Crippen LogP contribution is 2.40. The predicted octanol–water partition coefficient (Wildman–Crippen LogP) is 4.69. The molecule has 5 nitrogen and oxygen atoms in total. The van der Waals surface area contributed by atoms with Gasteiger partial charge in [0.25, 0.3) is 0 Å². The maximum absolute atomic E-state index is 12.6. The van der Waals surface area contributed by atoms with Crippen LogP contribution >= 0.6 is 23.1 Å². The average Bonchev–Trinajstić information content (AvgIpc) is 3.21. The summed E-state index contributed by atoms with van der Waals surface area (Å²) >= 11 is 3.22. The molecule has 1 aliphatic rings. The summed E-state index contributed by atoms with van der Waals surface area (Å²) in [5.74, 6) is 0.980. The van der Waals surface area contributed by atoms with E-state index in [-0.39, 0.29) is 11.2 Å². The molecular weight excluding hydrogens is 376 g/mol. The number of nitrogens with zero attached hydrogens (tertiary/aromatic N) is 3. The predicted molar refractivity (Wildman–Crippen MR) is 111 cm³/mol. The Morgan fingerprint density at radius 2 is 2.11 bits per heavy atom. The van der Waals surface area contributed by atoms with Crippen molar-refractivity contribution in [3.63, 3.8) is 0 Å². The third kappa shape index (κ3) is 4.25. The van der Waals surface area contributed by atoms with E-state index >= 15 is 0 Å². The minimum atomic E-state index is -0.249. The Bertz CT molecular complexity index is 931. The van der Waals surface area contributed by atoms with Crippen molar-refractivity contribution in [3.05, 3.63) is 58.0 Å². The Morgan fingerprint density at radius 1 is 1.30 bits per heavy atom. The first-order chi connectivity index (χ1) is 13.1. The maximum Gasteiger partial charge on any atom is 0.237 e. The highest BCUT2D eigenvalue weighted by Gasteiger charge is 2.31. The molecule has 0 aliphatic heterocycles. The van der Waals surface area contributed by atoms with Crippen LogP contribution in [-0.4, -0.2) is 25.9 Å². The van der Waals surface area contributed by atoms with Crippen LogP contribution < -0.4 is 5.32 Å². The number of thiophene rings is 1. The second-order valence-electron chi connectivity index (χ2n) is 6.82. The molecule has 1 saturated carbocycles. The van der Waals surface area contributed by atoms with Crippen LogP contribution in [0.3, 0.4) is 0 Å². The first kappa shape index (κ1) is 18.3. The lowest BCUT2D eigenvalue weighted by Crippen LogP contribution is -2.23. The molecule has 27 heavy (non-hydrogen) atoms. The van der Waals surface area contributed by atoms with Gasteiger partial charge in [0.05, 0.1) is 5.25 Å². The molecule has 140 valence electrons. The van der Waals surface area contributed by atoms with Crippen LogP contribution in [0.1, 0.15) is 42.1 Å². The van der Waals surface area contributed by atoms with Crippen LogP contribution in [0, 0.1) is 6.92 Å². The molecule has 0 spiro atoms. The van der Waals surface area contributed by atoms with E-state index in [9.17, 15) is 4.79 Å². The summed E-state index contributed by atoms with van der Waals surface area (Å²) in [6, 6.07) is 12.5. The molecule has 4 rings (SSSR count). The highest BCUT2D eigenvalue weighted by atomic mass is 32.2. The standard InChI is InChI=1S/C20H22N4OS2/c1-13-6-3-4-8-17(13)21-19(25)14(2)27-20-23-22-18(24(20)15-9-10-15)12-16-7-5-11-26-16/h3-8,11,14-15H,9-10,12H2,1-2H3,(H,21,25). The second kappa shape index (κ2) is 7.86. The van der Waals surface area contributed by atoms with Gasteiger partial charge in [-0.3, -0.25) is 4.79 Å². The maximum atomic E-state index is 12.6. The van der Waals surface area contributed by atoms with Gasteiger partial charge in [-0.15, -0.1) is 21.5 Å². The van der Waals surface area contributed by atoms with Crippen molar-refractivity contribution in [2.45, 2.75) is 49.6 Å². The van der Waals surface area contributed by atoms with Crippen molar-refractivity contribution in [3.8, 4) is 0 Å². The first-order valence-electron chi connectivity index (χ1n) is 9.11. The van der Waals surface area contributed by atoms with E-state index in [0.29, 0.717) is 6.04 Å². The van der Waals surface area contributed by atoms with Gasteiger partial charge in [-0.05, 0) is 49.8 Å². The molecule has 1 N–H and O–H groups in total. The molecule has 1 aromatic carbocycles.